The molecule has 0 aromatic carbocycles. The van der Waals surface area contributed by atoms with E-state index in [1.54, 1.807) is 5.51 Å². The number of rotatable bonds is 5. The molecule has 19 heavy (non-hydrogen) atoms. The fourth-order valence-corrected chi connectivity index (χ4v) is 3.82. The molecule has 0 saturated carbocycles. The highest BCUT2D eigenvalue weighted by molar-refractivity contribution is 7.87. The Morgan fingerprint density at radius 1 is 1.37 bits per heavy atom. The zero-order chi connectivity index (χ0) is 13.7. The lowest BCUT2D eigenvalue weighted by molar-refractivity contribution is -0.119. The van der Waals surface area contributed by atoms with Gasteiger partial charge in [0, 0.05) is 24.9 Å². The quantitative estimate of drug-likeness (QED) is 0.877. The Hall–Kier alpha value is -0.990. The molecule has 1 aromatic rings. The Morgan fingerprint density at radius 3 is 2.74 bits per heavy atom. The maximum atomic E-state index is 11.9. The van der Waals surface area contributed by atoms with Crippen LogP contribution in [0, 0.1) is 0 Å². The van der Waals surface area contributed by atoms with Gasteiger partial charge in [0.15, 0.2) is 0 Å². The Labute approximate surface area is 117 Å². The fourth-order valence-electron chi connectivity index (χ4n) is 1.97. The smallest absolute Gasteiger partial charge is 0.274 e. The Morgan fingerprint density at radius 2 is 2.11 bits per heavy atom. The van der Waals surface area contributed by atoms with Crippen LogP contribution in [-0.4, -0.2) is 36.7 Å². The van der Waals surface area contributed by atoms with Crippen molar-refractivity contribution in [1.29, 1.82) is 0 Å². The number of nitrogens with zero attached hydrogens (tertiary/aromatic N) is 2. The normalized spacial score (nSPS) is 17.3. The van der Waals surface area contributed by atoms with Gasteiger partial charge in [-0.15, -0.1) is 11.3 Å². The molecule has 1 saturated heterocycles. The molecule has 6 nitrogen and oxygen atoms in total. The fraction of sp³-hybridized carbons (Fsp3) is 0.636. The van der Waals surface area contributed by atoms with Crippen molar-refractivity contribution < 1.29 is 13.2 Å². The minimum atomic E-state index is -3.66. The number of carbonyl (C=O) groups excluding carboxylic acids is 1. The molecule has 1 amide bonds. The highest BCUT2D eigenvalue weighted by Gasteiger charge is 2.25. The van der Waals surface area contributed by atoms with E-state index < -0.39 is 16.1 Å². The number of aromatic nitrogens is 1. The van der Waals surface area contributed by atoms with Crippen molar-refractivity contribution in [3.05, 3.63) is 16.6 Å². The average molecular weight is 303 g/mol. The number of thiazole rings is 1. The van der Waals surface area contributed by atoms with Crippen molar-refractivity contribution >= 4 is 27.5 Å². The maximum Gasteiger partial charge on any atom is 0.303 e. The van der Waals surface area contributed by atoms with E-state index in [1.807, 2.05) is 5.38 Å². The first kappa shape index (κ1) is 14.4. The lowest BCUT2D eigenvalue weighted by Gasteiger charge is -2.25. The van der Waals surface area contributed by atoms with Crippen molar-refractivity contribution in [2.75, 3.05) is 13.1 Å². The summed E-state index contributed by atoms with van der Waals surface area (Å²) in [5.41, 5.74) is 2.51. The van der Waals surface area contributed by atoms with Crippen LogP contribution in [-0.2, 0) is 21.4 Å². The van der Waals surface area contributed by atoms with E-state index in [-0.39, 0.29) is 6.42 Å². The summed E-state index contributed by atoms with van der Waals surface area (Å²) in [4.78, 5) is 15.7. The summed E-state index contributed by atoms with van der Waals surface area (Å²) in [6.45, 7) is 0.989. The molecule has 0 aliphatic carbocycles. The second-order valence-electron chi connectivity index (χ2n) is 4.47. The van der Waals surface area contributed by atoms with Gasteiger partial charge < -0.3 is 0 Å². The molecule has 0 radical (unpaired) electrons. The summed E-state index contributed by atoms with van der Waals surface area (Å²) < 4.78 is 27.3. The number of hydrogen-bond donors (Lipinski definition) is 1. The molecule has 1 N–H and O–H groups in total. The molecule has 0 spiro atoms. The third-order valence-corrected chi connectivity index (χ3v) is 5.16. The van der Waals surface area contributed by atoms with E-state index in [1.165, 1.54) is 15.6 Å². The predicted molar refractivity (Wildman–Crippen MR) is 72.9 cm³/mol. The van der Waals surface area contributed by atoms with Gasteiger partial charge in [0.2, 0.25) is 5.91 Å². The largest absolute Gasteiger partial charge is 0.303 e. The van der Waals surface area contributed by atoms with Gasteiger partial charge in [-0.25, -0.2) is 9.71 Å². The molecular weight excluding hydrogens is 286 g/mol. The topological polar surface area (TPSA) is 79.4 Å². The molecule has 1 fully saturated rings. The number of aryl methyl sites for hydroxylation is 1. The van der Waals surface area contributed by atoms with E-state index in [2.05, 4.69) is 9.71 Å². The first-order valence-corrected chi connectivity index (χ1v) is 8.64. The third-order valence-electron chi connectivity index (χ3n) is 2.99. The van der Waals surface area contributed by atoms with Gasteiger partial charge in [-0.1, -0.05) is 6.42 Å². The second kappa shape index (κ2) is 6.44. The van der Waals surface area contributed by atoms with Crippen LogP contribution >= 0.6 is 11.3 Å². The summed E-state index contributed by atoms with van der Waals surface area (Å²) in [5.74, 6) is -0.474. The molecule has 1 aliphatic heterocycles. The lowest BCUT2D eigenvalue weighted by atomic mass is 10.2. The first-order chi connectivity index (χ1) is 9.08. The molecule has 2 rings (SSSR count). The van der Waals surface area contributed by atoms with E-state index in [4.69, 9.17) is 0 Å². The van der Waals surface area contributed by atoms with E-state index in [9.17, 15) is 13.2 Å². The van der Waals surface area contributed by atoms with Crippen molar-refractivity contribution in [2.45, 2.75) is 32.1 Å². The predicted octanol–water partition coefficient (Wildman–Crippen LogP) is 0.923. The molecule has 1 aromatic heterocycles. The van der Waals surface area contributed by atoms with Gasteiger partial charge in [-0.3, -0.25) is 4.79 Å². The van der Waals surface area contributed by atoms with Crippen molar-refractivity contribution in [3.8, 4) is 0 Å². The summed E-state index contributed by atoms with van der Waals surface area (Å²) >= 11 is 1.46. The molecule has 1 aliphatic rings. The molecular formula is C11H17N3O3S2. The number of hydrogen-bond acceptors (Lipinski definition) is 5. The SMILES string of the molecule is O=C(CCc1cscn1)NS(=O)(=O)N1CCCCC1. The zero-order valence-corrected chi connectivity index (χ0v) is 12.2. The molecule has 0 bridgehead atoms. The minimum Gasteiger partial charge on any atom is -0.274 e. The number of carbonyl (C=O) groups is 1. The molecule has 0 atom stereocenters. The minimum absolute atomic E-state index is 0.136. The molecule has 8 heteroatoms. The van der Waals surface area contributed by atoms with Gasteiger partial charge >= 0.3 is 10.2 Å². The standard InChI is InChI=1S/C11H17N3O3S2/c15-11(5-4-10-8-18-9-12-10)13-19(16,17)14-6-2-1-3-7-14/h8-9H,1-7H2,(H,13,15). The van der Waals surface area contributed by atoms with Crippen LogP contribution in [0.15, 0.2) is 10.9 Å². The van der Waals surface area contributed by atoms with Crippen LogP contribution < -0.4 is 4.72 Å². The van der Waals surface area contributed by atoms with Crippen molar-refractivity contribution in [3.63, 3.8) is 0 Å². The molecule has 0 unspecified atom stereocenters. The Balaban J connectivity index is 1.83. The van der Waals surface area contributed by atoms with Crippen LogP contribution in [0.25, 0.3) is 0 Å². The van der Waals surface area contributed by atoms with E-state index in [0.29, 0.717) is 19.5 Å². The summed E-state index contributed by atoms with van der Waals surface area (Å²) in [5, 5.41) is 1.85. The van der Waals surface area contributed by atoms with Gasteiger partial charge in [0.1, 0.15) is 0 Å². The molecule has 2 heterocycles. The van der Waals surface area contributed by atoms with Crippen molar-refractivity contribution in [2.24, 2.45) is 0 Å². The van der Waals surface area contributed by atoms with Gasteiger partial charge in [0.05, 0.1) is 11.2 Å². The first-order valence-electron chi connectivity index (χ1n) is 6.26. The Bertz CT molecular complexity index is 507. The van der Waals surface area contributed by atoms with Crippen molar-refractivity contribution in [1.82, 2.24) is 14.0 Å². The second-order valence-corrected chi connectivity index (χ2v) is 6.86. The summed E-state index contributed by atoms with van der Waals surface area (Å²) in [7, 11) is -3.66. The number of amides is 1. The zero-order valence-electron chi connectivity index (χ0n) is 10.5. The van der Waals surface area contributed by atoms with E-state index >= 15 is 0 Å². The summed E-state index contributed by atoms with van der Waals surface area (Å²) in [6.07, 6.45) is 3.35. The maximum absolute atomic E-state index is 11.9. The van der Waals surface area contributed by atoms with Crippen LogP contribution in [0.3, 0.4) is 0 Å². The highest BCUT2D eigenvalue weighted by Crippen LogP contribution is 2.12. The van der Waals surface area contributed by atoms with Crippen LogP contribution in [0.1, 0.15) is 31.4 Å². The van der Waals surface area contributed by atoms with Gasteiger partial charge in [-0.05, 0) is 19.3 Å². The molecule has 106 valence electrons. The third kappa shape index (κ3) is 4.26. The van der Waals surface area contributed by atoms with Crippen LogP contribution in [0.5, 0.6) is 0 Å². The van der Waals surface area contributed by atoms with Gasteiger partial charge in [0.25, 0.3) is 0 Å². The Kier molecular flexibility index (Phi) is 4.89. The van der Waals surface area contributed by atoms with E-state index in [0.717, 1.165) is 25.0 Å². The average Bonchev–Trinajstić information content (AvgIpc) is 2.90. The lowest BCUT2D eigenvalue weighted by Crippen LogP contribution is -2.45. The van der Waals surface area contributed by atoms with Crippen LogP contribution in [0.2, 0.25) is 0 Å². The highest BCUT2D eigenvalue weighted by atomic mass is 32.2. The number of piperidine rings is 1. The monoisotopic (exact) mass is 303 g/mol. The van der Waals surface area contributed by atoms with Crippen LogP contribution in [0.4, 0.5) is 0 Å². The van der Waals surface area contributed by atoms with Gasteiger partial charge in [-0.2, -0.15) is 12.7 Å². The number of nitrogens with one attached hydrogen (secondary N) is 1. The summed E-state index contributed by atoms with van der Waals surface area (Å²) in [6, 6.07) is 0.